The van der Waals surface area contributed by atoms with Crippen molar-refractivity contribution in [3.8, 4) is 0 Å². The second-order valence-corrected chi connectivity index (χ2v) is 6.26. The minimum Gasteiger partial charge on any atom is -0.399 e. The fourth-order valence-corrected chi connectivity index (χ4v) is 2.63. The molecule has 4 nitrogen and oxygen atoms in total. The molecule has 1 aliphatic heterocycles. The molecule has 1 aliphatic rings. The van der Waals surface area contributed by atoms with Crippen molar-refractivity contribution in [2.24, 2.45) is 5.41 Å². The number of hydrogen-bond donors (Lipinski definition) is 2. The van der Waals surface area contributed by atoms with Crippen LogP contribution in [0.5, 0.6) is 0 Å². The first-order valence-electron chi connectivity index (χ1n) is 6.52. The van der Waals surface area contributed by atoms with Crippen LogP contribution in [0.1, 0.15) is 30.1 Å². The number of ether oxygens (including phenoxy) is 1. The highest BCUT2D eigenvalue weighted by molar-refractivity contribution is 6.44. The maximum Gasteiger partial charge on any atom is 0.252 e. The van der Waals surface area contributed by atoms with Crippen molar-refractivity contribution >= 4 is 34.8 Å². The van der Waals surface area contributed by atoms with Crippen molar-refractivity contribution in [3.05, 3.63) is 27.7 Å². The van der Waals surface area contributed by atoms with Crippen LogP contribution < -0.4 is 11.1 Å². The Morgan fingerprint density at radius 1 is 1.40 bits per heavy atom. The summed E-state index contributed by atoms with van der Waals surface area (Å²) in [6, 6.07) is 3.07. The minimum atomic E-state index is -0.253. The Labute approximate surface area is 128 Å². The van der Waals surface area contributed by atoms with Gasteiger partial charge in [-0.15, -0.1) is 0 Å². The van der Waals surface area contributed by atoms with Crippen LogP contribution in [0.15, 0.2) is 12.1 Å². The molecule has 1 fully saturated rings. The maximum absolute atomic E-state index is 12.2. The van der Waals surface area contributed by atoms with Gasteiger partial charge in [0, 0.05) is 25.4 Å². The molecule has 0 unspecified atom stereocenters. The number of carbonyl (C=O) groups is 1. The number of carbonyl (C=O) groups excluding carboxylic acids is 1. The van der Waals surface area contributed by atoms with E-state index >= 15 is 0 Å². The van der Waals surface area contributed by atoms with Gasteiger partial charge in [-0.25, -0.2) is 0 Å². The smallest absolute Gasteiger partial charge is 0.252 e. The first-order valence-corrected chi connectivity index (χ1v) is 7.27. The third kappa shape index (κ3) is 3.57. The van der Waals surface area contributed by atoms with Crippen LogP contribution in [-0.2, 0) is 4.74 Å². The van der Waals surface area contributed by atoms with Gasteiger partial charge in [0.25, 0.3) is 5.91 Å². The van der Waals surface area contributed by atoms with Gasteiger partial charge in [0.2, 0.25) is 0 Å². The fourth-order valence-electron chi connectivity index (χ4n) is 2.21. The summed E-state index contributed by atoms with van der Waals surface area (Å²) in [4.78, 5) is 12.2. The standard InChI is InChI=1S/C14H18Cl2N2O2/c1-14(2-4-20-5-3-14)8-18-13(19)10-6-9(17)7-11(15)12(10)16/h6-7H,2-5,8,17H2,1H3,(H,18,19). The monoisotopic (exact) mass is 316 g/mol. The first kappa shape index (κ1) is 15.4. The number of rotatable bonds is 3. The van der Waals surface area contributed by atoms with Gasteiger partial charge in [-0.1, -0.05) is 30.1 Å². The molecule has 1 aromatic carbocycles. The van der Waals surface area contributed by atoms with Crippen molar-refractivity contribution in [1.82, 2.24) is 5.32 Å². The lowest BCUT2D eigenvalue weighted by Crippen LogP contribution is -2.39. The highest BCUT2D eigenvalue weighted by Gasteiger charge is 2.28. The van der Waals surface area contributed by atoms with Crippen molar-refractivity contribution < 1.29 is 9.53 Å². The molecule has 0 saturated carbocycles. The Bertz CT molecular complexity index is 514. The topological polar surface area (TPSA) is 64.4 Å². The molecule has 2 rings (SSSR count). The molecule has 3 N–H and O–H groups in total. The van der Waals surface area contributed by atoms with Gasteiger partial charge < -0.3 is 15.8 Å². The van der Waals surface area contributed by atoms with Gasteiger partial charge >= 0.3 is 0 Å². The predicted octanol–water partition coefficient (Wildman–Crippen LogP) is 3.12. The van der Waals surface area contributed by atoms with E-state index in [2.05, 4.69) is 12.2 Å². The molecular weight excluding hydrogens is 299 g/mol. The van der Waals surface area contributed by atoms with Crippen molar-refractivity contribution in [3.63, 3.8) is 0 Å². The molecule has 0 bridgehead atoms. The molecule has 0 radical (unpaired) electrons. The van der Waals surface area contributed by atoms with Gasteiger partial charge in [0.05, 0.1) is 15.6 Å². The molecule has 1 aromatic rings. The van der Waals surface area contributed by atoms with Crippen molar-refractivity contribution in [2.45, 2.75) is 19.8 Å². The molecule has 0 aromatic heterocycles. The third-order valence-corrected chi connectivity index (χ3v) is 4.47. The molecule has 1 saturated heterocycles. The van der Waals surface area contributed by atoms with Crippen LogP contribution in [0.3, 0.4) is 0 Å². The molecule has 20 heavy (non-hydrogen) atoms. The predicted molar refractivity (Wildman–Crippen MR) is 81.4 cm³/mol. The van der Waals surface area contributed by atoms with E-state index in [0.717, 1.165) is 26.1 Å². The zero-order valence-electron chi connectivity index (χ0n) is 11.3. The second-order valence-electron chi connectivity index (χ2n) is 5.47. The van der Waals surface area contributed by atoms with E-state index in [1.807, 2.05) is 0 Å². The zero-order valence-corrected chi connectivity index (χ0v) is 12.9. The Hall–Kier alpha value is -0.970. The molecule has 6 heteroatoms. The maximum atomic E-state index is 12.2. The van der Waals surface area contributed by atoms with E-state index in [4.69, 9.17) is 33.7 Å². The van der Waals surface area contributed by atoms with E-state index in [0.29, 0.717) is 17.8 Å². The Kier molecular flexibility index (Phi) is 4.78. The molecule has 1 amide bonds. The normalized spacial score (nSPS) is 17.8. The number of benzene rings is 1. The Morgan fingerprint density at radius 2 is 2.05 bits per heavy atom. The number of nitrogens with two attached hydrogens (primary N) is 1. The summed E-state index contributed by atoms with van der Waals surface area (Å²) < 4.78 is 5.34. The van der Waals surface area contributed by atoms with Gasteiger partial charge in [0.15, 0.2) is 0 Å². The number of hydrogen-bond acceptors (Lipinski definition) is 3. The summed E-state index contributed by atoms with van der Waals surface area (Å²) in [5, 5.41) is 3.43. The van der Waals surface area contributed by atoms with Crippen LogP contribution in [-0.4, -0.2) is 25.7 Å². The highest BCUT2D eigenvalue weighted by Crippen LogP contribution is 2.30. The summed E-state index contributed by atoms with van der Waals surface area (Å²) in [7, 11) is 0. The summed E-state index contributed by atoms with van der Waals surface area (Å²) >= 11 is 12.0. The molecule has 1 heterocycles. The van der Waals surface area contributed by atoms with Crippen LogP contribution in [0.2, 0.25) is 10.0 Å². The largest absolute Gasteiger partial charge is 0.399 e. The third-order valence-electron chi connectivity index (χ3n) is 3.67. The van der Waals surface area contributed by atoms with Gasteiger partial charge in [-0.05, 0) is 30.4 Å². The zero-order chi connectivity index (χ0) is 14.8. The molecule has 0 atom stereocenters. The van der Waals surface area contributed by atoms with E-state index < -0.39 is 0 Å². The second kappa shape index (κ2) is 6.20. The van der Waals surface area contributed by atoms with Crippen molar-refractivity contribution in [2.75, 3.05) is 25.5 Å². The molecule has 0 aliphatic carbocycles. The Morgan fingerprint density at radius 3 is 2.70 bits per heavy atom. The molecular formula is C14H18Cl2N2O2. The fraction of sp³-hybridized carbons (Fsp3) is 0.500. The van der Waals surface area contributed by atoms with Crippen molar-refractivity contribution in [1.29, 1.82) is 0 Å². The van der Waals surface area contributed by atoms with Crippen LogP contribution in [0, 0.1) is 5.41 Å². The lowest BCUT2D eigenvalue weighted by atomic mass is 9.82. The number of halogens is 2. The summed E-state index contributed by atoms with van der Waals surface area (Å²) in [5.41, 5.74) is 6.48. The van der Waals surface area contributed by atoms with E-state index in [1.54, 1.807) is 0 Å². The average Bonchev–Trinajstić information content (AvgIpc) is 2.41. The van der Waals surface area contributed by atoms with E-state index in [9.17, 15) is 4.79 Å². The van der Waals surface area contributed by atoms with Crippen LogP contribution in [0.4, 0.5) is 5.69 Å². The van der Waals surface area contributed by atoms with Crippen LogP contribution >= 0.6 is 23.2 Å². The number of nitrogens with one attached hydrogen (secondary N) is 1. The summed E-state index contributed by atoms with van der Waals surface area (Å²) in [6.45, 7) is 4.19. The molecule has 0 spiro atoms. The van der Waals surface area contributed by atoms with Gasteiger partial charge in [0.1, 0.15) is 0 Å². The van der Waals surface area contributed by atoms with Crippen LogP contribution in [0.25, 0.3) is 0 Å². The van der Waals surface area contributed by atoms with E-state index in [1.165, 1.54) is 12.1 Å². The van der Waals surface area contributed by atoms with Gasteiger partial charge in [-0.3, -0.25) is 4.79 Å². The van der Waals surface area contributed by atoms with Gasteiger partial charge in [-0.2, -0.15) is 0 Å². The first-order chi connectivity index (χ1) is 9.41. The molecule has 110 valence electrons. The Balaban J connectivity index is 2.05. The van der Waals surface area contributed by atoms with E-state index in [-0.39, 0.29) is 21.4 Å². The summed E-state index contributed by atoms with van der Waals surface area (Å²) in [5.74, 6) is -0.253. The SMILES string of the molecule is CC1(CNC(=O)c2cc(N)cc(Cl)c2Cl)CCOCC1. The lowest BCUT2D eigenvalue weighted by Gasteiger charge is -2.33. The quantitative estimate of drug-likeness (QED) is 0.842. The highest BCUT2D eigenvalue weighted by atomic mass is 35.5. The number of nitrogen functional groups attached to an aromatic ring is 1. The minimum absolute atomic E-state index is 0.0600. The summed E-state index contributed by atoms with van der Waals surface area (Å²) in [6.07, 6.45) is 1.86. The lowest BCUT2D eigenvalue weighted by molar-refractivity contribution is 0.0238. The average molecular weight is 317 g/mol. The number of anilines is 1. The number of amides is 1.